The van der Waals surface area contributed by atoms with E-state index in [1.54, 1.807) is 13.0 Å². The number of primary amides is 1. The highest BCUT2D eigenvalue weighted by molar-refractivity contribution is 6.33. The van der Waals surface area contributed by atoms with Crippen LogP contribution in [0.25, 0.3) is 0 Å². The molecule has 1 fully saturated rings. The molecule has 3 unspecified atom stereocenters. The number of ether oxygens (including phenoxy) is 2. The van der Waals surface area contributed by atoms with Gasteiger partial charge in [-0.15, -0.1) is 0 Å². The standard InChI is InChI=1S/C38H59ClN8O12/c1-19(58-33-31(44-23(5)49)38(57)59-29(18-48)32(33)52)17-47(30(51)11-9-27(34(41)53)45-36(55)21(3)40)22(4)37(56)43-16-25(50)15-42-35(54)20(2)24-8-10-28(26(39)14-24)46-12-6-7-13-46/h6-8,10,14,19-22,25,27,29,31-33,38,48,50,52,57H,9,11-13,15-18,40H2,1-5H3,(H2,41,53)(H,42,54)(H,43,56)(H,44,49)(H,45,55)/t19?,20?,21-,22-,25?,27+,29+,31+,32+,33+,38-/m0/s1. The van der Waals surface area contributed by atoms with Crippen LogP contribution in [0, 0.1) is 0 Å². The maximum absolute atomic E-state index is 13.8. The van der Waals surface area contributed by atoms with Gasteiger partial charge in [-0.1, -0.05) is 29.8 Å². The highest BCUT2D eigenvalue weighted by Crippen LogP contribution is 2.31. The summed E-state index contributed by atoms with van der Waals surface area (Å²) in [6.07, 6.45) is -4.69. The van der Waals surface area contributed by atoms with Crippen LogP contribution >= 0.6 is 11.6 Å². The maximum atomic E-state index is 13.8. The van der Waals surface area contributed by atoms with Gasteiger partial charge in [-0.05, 0) is 51.8 Å². The van der Waals surface area contributed by atoms with Gasteiger partial charge in [-0.3, -0.25) is 28.8 Å². The largest absolute Gasteiger partial charge is 0.394 e. The molecular weight excluding hydrogens is 796 g/mol. The number of rotatable bonds is 21. The van der Waals surface area contributed by atoms with Crippen LogP contribution in [0.1, 0.15) is 58.9 Å². The molecule has 0 saturated carbocycles. The Labute approximate surface area is 347 Å². The van der Waals surface area contributed by atoms with Gasteiger partial charge in [0.2, 0.25) is 35.4 Å². The zero-order chi connectivity index (χ0) is 44.1. The summed E-state index contributed by atoms with van der Waals surface area (Å²) in [5.41, 5.74) is 12.6. The molecule has 21 heteroatoms. The van der Waals surface area contributed by atoms with E-state index in [9.17, 15) is 49.2 Å². The molecule has 0 bridgehead atoms. The highest BCUT2D eigenvalue weighted by atomic mass is 35.5. The van der Waals surface area contributed by atoms with Crippen molar-refractivity contribution in [3.63, 3.8) is 0 Å². The molecule has 59 heavy (non-hydrogen) atoms. The first kappa shape index (κ1) is 49.0. The molecule has 1 aromatic carbocycles. The monoisotopic (exact) mass is 854 g/mol. The number of nitrogens with zero attached hydrogens (tertiary/aromatic N) is 2. The topological polar surface area (TPSA) is 308 Å². The minimum absolute atomic E-state index is 0.220. The Bertz CT molecular complexity index is 1660. The lowest BCUT2D eigenvalue weighted by molar-refractivity contribution is -0.268. The maximum Gasteiger partial charge on any atom is 0.242 e. The van der Waals surface area contributed by atoms with Crippen molar-refractivity contribution in [3.8, 4) is 0 Å². The molecule has 11 atom stereocenters. The summed E-state index contributed by atoms with van der Waals surface area (Å²) in [6.45, 7) is 7.05. The highest BCUT2D eigenvalue weighted by Gasteiger charge is 2.46. The third kappa shape index (κ3) is 14.1. The van der Waals surface area contributed by atoms with E-state index in [0.717, 1.165) is 23.7 Å². The number of nitrogens with two attached hydrogens (primary N) is 2. The number of amides is 6. The van der Waals surface area contributed by atoms with Crippen LogP contribution in [0.15, 0.2) is 30.4 Å². The first-order valence-corrected chi connectivity index (χ1v) is 19.8. The number of carbonyl (C=O) groups excluding carboxylic acids is 6. The predicted molar refractivity (Wildman–Crippen MR) is 214 cm³/mol. The summed E-state index contributed by atoms with van der Waals surface area (Å²) in [5, 5.41) is 52.4. The minimum atomic E-state index is -1.68. The number of halogens is 1. The number of hydrogen-bond acceptors (Lipinski definition) is 14. The van der Waals surface area contributed by atoms with Crippen molar-refractivity contribution in [3.05, 3.63) is 40.9 Å². The third-order valence-corrected chi connectivity index (χ3v) is 10.3. The van der Waals surface area contributed by atoms with Gasteiger partial charge < -0.3 is 72.4 Å². The van der Waals surface area contributed by atoms with Crippen molar-refractivity contribution in [2.24, 2.45) is 11.5 Å². The Hall–Kier alpha value is -4.41. The lowest BCUT2D eigenvalue weighted by atomic mass is 9.96. The average molecular weight is 855 g/mol. The first-order chi connectivity index (χ1) is 27.7. The molecule has 0 aliphatic carbocycles. The van der Waals surface area contributed by atoms with Crippen LogP contribution in [0.4, 0.5) is 5.69 Å². The summed E-state index contributed by atoms with van der Waals surface area (Å²) in [7, 11) is 0. The van der Waals surface area contributed by atoms with Crippen LogP contribution in [-0.4, -0.2) is 161 Å². The van der Waals surface area contributed by atoms with Crippen LogP contribution in [0.5, 0.6) is 0 Å². The van der Waals surface area contributed by atoms with E-state index in [1.165, 1.54) is 27.7 Å². The van der Waals surface area contributed by atoms with Crippen molar-refractivity contribution >= 4 is 52.7 Å². The van der Waals surface area contributed by atoms with Gasteiger partial charge >= 0.3 is 0 Å². The van der Waals surface area contributed by atoms with Gasteiger partial charge in [0, 0.05) is 46.1 Å². The molecule has 330 valence electrons. The van der Waals surface area contributed by atoms with Crippen molar-refractivity contribution in [2.75, 3.05) is 44.2 Å². The van der Waals surface area contributed by atoms with E-state index < -0.39 is 109 Å². The number of anilines is 1. The molecule has 1 aromatic rings. The number of nitrogens with one attached hydrogen (secondary N) is 4. The number of carbonyl (C=O) groups is 6. The molecule has 2 aliphatic rings. The molecule has 20 nitrogen and oxygen atoms in total. The van der Waals surface area contributed by atoms with Crippen LogP contribution in [0.3, 0.4) is 0 Å². The van der Waals surface area contributed by atoms with E-state index in [1.807, 2.05) is 24.3 Å². The predicted octanol–water partition coefficient (Wildman–Crippen LogP) is -2.92. The van der Waals surface area contributed by atoms with Crippen LogP contribution in [-0.2, 0) is 38.2 Å². The molecule has 2 heterocycles. The van der Waals surface area contributed by atoms with E-state index in [4.69, 9.17) is 32.5 Å². The number of hydrogen-bond donors (Lipinski definition) is 10. The Kier molecular flexibility index (Phi) is 18.9. The fourth-order valence-corrected chi connectivity index (χ4v) is 6.83. The van der Waals surface area contributed by atoms with E-state index in [2.05, 4.69) is 26.2 Å². The SMILES string of the molecule is CC(=O)N[C@@H]1[C@@H](OC(C)CN(C(=O)CC[C@@H](NC(=O)[C@H](C)N)C(N)=O)[C@@H](C)C(=O)NCC(O)CNC(=O)C(C)c2ccc(N3CC=CC3)c(Cl)c2)[C@H](O)[C@@H](CO)O[C@@H]1O. The first-order valence-electron chi connectivity index (χ1n) is 19.4. The lowest BCUT2D eigenvalue weighted by Gasteiger charge is -2.44. The molecule has 6 amide bonds. The number of aliphatic hydroxyl groups is 4. The molecule has 12 N–H and O–H groups in total. The van der Waals surface area contributed by atoms with Gasteiger partial charge in [0.15, 0.2) is 6.29 Å². The zero-order valence-corrected chi connectivity index (χ0v) is 34.6. The smallest absolute Gasteiger partial charge is 0.242 e. The van der Waals surface area contributed by atoms with Crippen molar-refractivity contribution in [1.29, 1.82) is 0 Å². The third-order valence-electron chi connectivity index (χ3n) is 10.0. The summed E-state index contributed by atoms with van der Waals surface area (Å²) in [6, 6.07) is 0.608. The molecular formula is C38H59ClN8O12. The van der Waals surface area contributed by atoms with Gasteiger partial charge in [0.05, 0.1) is 41.5 Å². The molecule has 2 aliphatic heterocycles. The Morgan fingerprint density at radius 2 is 1.64 bits per heavy atom. The van der Waals surface area contributed by atoms with Crippen LogP contribution < -0.4 is 37.6 Å². The zero-order valence-electron chi connectivity index (χ0n) is 33.9. The van der Waals surface area contributed by atoms with Crippen molar-refractivity contribution in [2.45, 2.75) is 114 Å². The molecule has 1 saturated heterocycles. The lowest BCUT2D eigenvalue weighted by Crippen LogP contribution is -2.65. The van der Waals surface area contributed by atoms with E-state index in [0.29, 0.717) is 10.6 Å². The van der Waals surface area contributed by atoms with Gasteiger partial charge in [0.25, 0.3) is 0 Å². The minimum Gasteiger partial charge on any atom is -0.394 e. The Morgan fingerprint density at radius 1 is 1.02 bits per heavy atom. The second kappa shape index (κ2) is 22.8. The normalized spacial score (nSPS) is 23.2. The number of aliphatic hydroxyl groups excluding tert-OH is 4. The second-order valence-electron chi connectivity index (χ2n) is 14.8. The summed E-state index contributed by atoms with van der Waals surface area (Å²) in [4.78, 5) is 79.7. The fraction of sp³-hybridized carbons (Fsp3) is 0.632. The van der Waals surface area contributed by atoms with Gasteiger partial charge in [-0.2, -0.15) is 0 Å². The molecule has 0 aromatic heterocycles. The van der Waals surface area contributed by atoms with Gasteiger partial charge in [0.1, 0.15) is 36.4 Å². The van der Waals surface area contributed by atoms with Gasteiger partial charge in [-0.25, -0.2) is 0 Å². The van der Waals surface area contributed by atoms with Crippen molar-refractivity contribution < 1.29 is 58.7 Å². The summed E-state index contributed by atoms with van der Waals surface area (Å²) < 4.78 is 11.3. The number of benzene rings is 1. The quantitative estimate of drug-likeness (QED) is 0.0555. The Morgan fingerprint density at radius 3 is 2.20 bits per heavy atom. The fourth-order valence-electron chi connectivity index (χ4n) is 6.53. The second-order valence-corrected chi connectivity index (χ2v) is 15.2. The van der Waals surface area contributed by atoms with E-state index in [-0.39, 0.29) is 32.0 Å². The van der Waals surface area contributed by atoms with Crippen LogP contribution in [0.2, 0.25) is 5.02 Å². The van der Waals surface area contributed by atoms with Crippen molar-refractivity contribution in [1.82, 2.24) is 26.2 Å². The summed E-state index contributed by atoms with van der Waals surface area (Å²) in [5.74, 6) is -4.60. The van der Waals surface area contributed by atoms with E-state index >= 15 is 0 Å². The molecule has 0 radical (unpaired) electrons. The Balaban J connectivity index is 1.69. The summed E-state index contributed by atoms with van der Waals surface area (Å²) >= 11 is 6.51. The molecule has 3 rings (SSSR count). The average Bonchev–Trinajstić information content (AvgIpc) is 3.73. The molecule has 0 spiro atoms.